The summed E-state index contributed by atoms with van der Waals surface area (Å²) in [6.07, 6.45) is 7.68. The first-order valence-electron chi connectivity index (χ1n) is 9.95. The molecule has 136 valence electrons. The van der Waals surface area contributed by atoms with E-state index in [9.17, 15) is 0 Å². The minimum atomic E-state index is 0.385. The van der Waals surface area contributed by atoms with Crippen LogP contribution in [0.25, 0.3) is 17.0 Å². The minimum absolute atomic E-state index is 0.385. The van der Waals surface area contributed by atoms with Crippen LogP contribution in [0.4, 0.5) is 0 Å². The van der Waals surface area contributed by atoms with Gasteiger partial charge in [0.25, 0.3) is 0 Å². The van der Waals surface area contributed by atoms with Crippen LogP contribution in [0.1, 0.15) is 49.4 Å². The highest BCUT2D eigenvalue weighted by atomic mass is 15.0. The first kappa shape index (κ1) is 17.7. The monoisotopic (exact) mass is 356 g/mol. The second kappa shape index (κ2) is 7.48. The zero-order valence-corrected chi connectivity index (χ0v) is 16.3. The standard InChI is InChI=1S/C25H28N2/c1-4-11-22-21-13-5-6-14-23(21)24-15-8-10-17-27(24)25(22)18-20(3)26-16-9-7-12-19(26)2/h5-10,12-17,22,25H,3-4,11,18H2,1-2H3/q+2. The Morgan fingerprint density at radius 1 is 0.963 bits per heavy atom. The molecule has 2 atom stereocenters. The molecular formula is C25H28N2+2. The summed E-state index contributed by atoms with van der Waals surface area (Å²) in [6.45, 7) is 8.89. The van der Waals surface area contributed by atoms with Crippen molar-refractivity contribution in [1.82, 2.24) is 0 Å². The molecule has 0 radical (unpaired) electrons. The lowest BCUT2D eigenvalue weighted by molar-refractivity contribution is -0.720. The van der Waals surface area contributed by atoms with Gasteiger partial charge in [0.2, 0.25) is 5.69 Å². The molecule has 3 heterocycles. The third-order valence-corrected chi connectivity index (χ3v) is 5.80. The van der Waals surface area contributed by atoms with Crippen molar-refractivity contribution in [2.45, 2.75) is 45.1 Å². The van der Waals surface area contributed by atoms with Gasteiger partial charge >= 0.3 is 0 Å². The molecule has 3 aromatic rings. The Kier molecular flexibility index (Phi) is 4.89. The highest BCUT2D eigenvalue weighted by Gasteiger charge is 2.40. The van der Waals surface area contributed by atoms with Gasteiger partial charge in [-0.05, 0) is 30.7 Å². The van der Waals surface area contributed by atoms with Crippen molar-refractivity contribution in [3.63, 3.8) is 0 Å². The summed E-state index contributed by atoms with van der Waals surface area (Å²) in [7, 11) is 0. The number of rotatable bonds is 5. The van der Waals surface area contributed by atoms with E-state index in [1.807, 2.05) is 0 Å². The number of aromatic nitrogens is 2. The van der Waals surface area contributed by atoms with E-state index in [1.165, 1.54) is 35.4 Å². The Balaban J connectivity index is 1.79. The average Bonchev–Trinajstić information content (AvgIpc) is 2.70. The summed E-state index contributed by atoms with van der Waals surface area (Å²) < 4.78 is 4.71. The number of allylic oxidation sites excluding steroid dienone is 1. The lowest BCUT2D eigenvalue weighted by atomic mass is 9.79. The number of fused-ring (bicyclic) bond motifs is 3. The Morgan fingerprint density at radius 2 is 1.70 bits per heavy atom. The first-order valence-corrected chi connectivity index (χ1v) is 9.95. The third-order valence-electron chi connectivity index (χ3n) is 5.80. The fourth-order valence-electron chi connectivity index (χ4n) is 4.55. The molecule has 0 saturated heterocycles. The molecule has 0 amide bonds. The van der Waals surface area contributed by atoms with E-state index >= 15 is 0 Å². The van der Waals surface area contributed by atoms with Gasteiger partial charge in [-0.15, -0.1) is 0 Å². The predicted molar refractivity (Wildman–Crippen MR) is 110 cm³/mol. The van der Waals surface area contributed by atoms with Crippen LogP contribution in [0.2, 0.25) is 0 Å². The largest absolute Gasteiger partial charge is 0.213 e. The van der Waals surface area contributed by atoms with E-state index in [1.54, 1.807) is 0 Å². The molecule has 0 fully saturated rings. The lowest BCUT2D eigenvalue weighted by Gasteiger charge is -2.30. The van der Waals surface area contributed by atoms with E-state index in [4.69, 9.17) is 0 Å². The summed E-state index contributed by atoms with van der Waals surface area (Å²) in [5.41, 5.74) is 6.55. The van der Waals surface area contributed by atoms with Gasteiger partial charge in [0, 0.05) is 42.7 Å². The summed E-state index contributed by atoms with van der Waals surface area (Å²) in [5, 5.41) is 0. The van der Waals surface area contributed by atoms with Gasteiger partial charge in [0.05, 0.1) is 6.42 Å². The highest BCUT2D eigenvalue weighted by molar-refractivity contribution is 5.63. The topological polar surface area (TPSA) is 7.76 Å². The van der Waals surface area contributed by atoms with Crippen LogP contribution in [0, 0.1) is 6.92 Å². The van der Waals surface area contributed by atoms with Crippen molar-refractivity contribution < 1.29 is 9.13 Å². The molecule has 4 rings (SSSR count). The lowest BCUT2D eigenvalue weighted by Crippen LogP contribution is -2.49. The van der Waals surface area contributed by atoms with Gasteiger partial charge in [0.1, 0.15) is 0 Å². The quantitative estimate of drug-likeness (QED) is 0.553. The van der Waals surface area contributed by atoms with E-state index in [0.717, 1.165) is 12.1 Å². The van der Waals surface area contributed by atoms with Crippen molar-refractivity contribution in [3.8, 4) is 11.3 Å². The molecule has 2 aromatic heterocycles. The number of benzene rings is 1. The van der Waals surface area contributed by atoms with Gasteiger partial charge in [-0.3, -0.25) is 0 Å². The smallest absolute Gasteiger partial charge is 0.194 e. The Bertz CT molecular complexity index is 973. The summed E-state index contributed by atoms with van der Waals surface area (Å²) in [4.78, 5) is 0. The molecule has 2 heteroatoms. The van der Waals surface area contributed by atoms with Crippen LogP contribution in [0.5, 0.6) is 0 Å². The Hall–Kier alpha value is -2.74. The first-order chi connectivity index (χ1) is 13.2. The fraction of sp³-hybridized carbons (Fsp3) is 0.280. The number of pyridine rings is 2. The van der Waals surface area contributed by atoms with Crippen molar-refractivity contribution in [3.05, 3.63) is 90.9 Å². The van der Waals surface area contributed by atoms with E-state index in [0.29, 0.717) is 12.0 Å². The number of hydrogen-bond donors (Lipinski definition) is 0. The van der Waals surface area contributed by atoms with Crippen molar-refractivity contribution in [2.75, 3.05) is 0 Å². The molecule has 0 aliphatic carbocycles. The van der Waals surface area contributed by atoms with Crippen LogP contribution in [0.3, 0.4) is 0 Å². The van der Waals surface area contributed by atoms with Gasteiger partial charge in [-0.2, -0.15) is 9.13 Å². The normalized spacial score (nSPS) is 17.9. The molecule has 2 unspecified atom stereocenters. The van der Waals surface area contributed by atoms with Gasteiger partial charge < -0.3 is 0 Å². The average molecular weight is 357 g/mol. The predicted octanol–water partition coefficient (Wildman–Crippen LogP) is 5.24. The number of aryl methyl sites for hydroxylation is 1. The molecule has 1 aromatic carbocycles. The SMILES string of the molecule is C=C(CC1C(CCC)c2ccccc2-c2cccc[n+]21)[n+]1ccccc1C. The second-order valence-corrected chi connectivity index (χ2v) is 7.53. The van der Waals surface area contributed by atoms with Crippen LogP contribution < -0.4 is 9.13 Å². The van der Waals surface area contributed by atoms with Gasteiger partial charge in [0.15, 0.2) is 29.8 Å². The van der Waals surface area contributed by atoms with Crippen molar-refractivity contribution >= 4 is 5.70 Å². The van der Waals surface area contributed by atoms with Crippen LogP contribution >= 0.6 is 0 Å². The van der Waals surface area contributed by atoms with Crippen molar-refractivity contribution in [2.24, 2.45) is 0 Å². The van der Waals surface area contributed by atoms with Crippen LogP contribution in [-0.2, 0) is 0 Å². The zero-order valence-electron chi connectivity index (χ0n) is 16.3. The maximum absolute atomic E-state index is 4.45. The minimum Gasteiger partial charge on any atom is -0.194 e. The number of hydrogen-bond acceptors (Lipinski definition) is 0. The summed E-state index contributed by atoms with van der Waals surface area (Å²) >= 11 is 0. The summed E-state index contributed by atoms with van der Waals surface area (Å²) in [6, 6.07) is 22.2. The van der Waals surface area contributed by atoms with E-state index in [-0.39, 0.29) is 0 Å². The van der Waals surface area contributed by atoms with E-state index < -0.39 is 0 Å². The van der Waals surface area contributed by atoms with Crippen LogP contribution in [0.15, 0.2) is 79.6 Å². The molecule has 1 aliphatic heterocycles. The number of nitrogens with zero attached hydrogens (tertiary/aromatic N) is 2. The molecule has 0 saturated carbocycles. The molecule has 0 spiro atoms. The summed E-state index contributed by atoms with van der Waals surface area (Å²) in [5.74, 6) is 0.507. The second-order valence-electron chi connectivity index (χ2n) is 7.53. The third kappa shape index (κ3) is 3.21. The zero-order chi connectivity index (χ0) is 18.8. The maximum Gasteiger partial charge on any atom is 0.213 e. The molecule has 0 bridgehead atoms. The van der Waals surface area contributed by atoms with Gasteiger partial charge in [-0.25, -0.2) is 0 Å². The Morgan fingerprint density at radius 3 is 2.52 bits per heavy atom. The van der Waals surface area contributed by atoms with Crippen molar-refractivity contribution in [1.29, 1.82) is 0 Å². The molecule has 1 aliphatic rings. The molecule has 2 nitrogen and oxygen atoms in total. The van der Waals surface area contributed by atoms with Gasteiger partial charge in [-0.1, -0.05) is 37.6 Å². The van der Waals surface area contributed by atoms with Crippen LogP contribution in [-0.4, -0.2) is 0 Å². The molecular weight excluding hydrogens is 328 g/mol. The van der Waals surface area contributed by atoms with E-state index in [2.05, 4.69) is 103 Å². The highest BCUT2D eigenvalue weighted by Crippen LogP contribution is 2.42. The molecule has 27 heavy (non-hydrogen) atoms. The maximum atomic E-state index is 4.45. The fourth-order valence-corrected chi connectivity index (χ4v) is 4.55. The Labute approximate surface area is 162 Å². The molecule has 0 N–H and O–H groups in total.